The van der Waals surface area contributed by atoms with E-state index in [1.165, 1.54) is 7.11 Å². The summed E-state index contributed by atoms with van der Waals surface area (Å²) in [6, 6.07) is 23.0. The summed E-state index contributed by atoms with van der Waals surface area (Å²) in [5.74, 6) is -0.722. The molecule has 1 saturated heterocycles. The number of hydrogen-bond acceptors (Lipinski definition) is 6. The molecular formula is C34H41NO7. The highest BCUT2D eigenvalue weighted by Crippen LogP contribution is 2.29. The number of rotatable bonds is 11. The second-order valence-electron chi connectivity index (χ2n) is 11.4. The van der Waals surface area contributed by atoms with E-state index in [2.05, 4.69) is 0 Å². The Kier molecular flexibility index (Phi) is 10.6. The first kappa shape index (κ1) is 31.1. The second kappa shape index (κ2) is 14.3. The lowest BCUT2D eigenvalue weighted by molar-refractivity contribution is -0.192. The number of carbonyl (C=O) groups excluding carboxylic acids is 1. The van der Waals surface area contributed by atoms with Crippen molar-refractivity contribution in [2.75, 3.05) is 26.8 Å². The van der Waals surface area contributed by atoms with Crippen molar-refractivity contribution in [3.8, 4) is 16.9 Å². The zero-order valence-corrected chi connectivity index (χ0v) is 24.9. The van der Waals surface area contributed by atoms with Crippen LogP contribution >= 0.6 is 0 Å². The van der Waals surface area contributed by atoms with Gasteiger partial charge in [0.2, 0.25) is 0 Å². The lowest BCUT2D eigenvalue weighted by atomic mass is 10.0. The van der Waals surface area contributed by atoms with Gasteiger partial charge in [0, 0.05) is 13.2 Å². The van der Waals surface area contributed by atoms with Gasteiger partial charge in [-0.05, 0) is 80.8 Å². The molecule has 3 aromatic rings. The average molecular weight is 576 g/mol. The highest BCUT2D eigenvalue weighted by Gasteiger charge is 2.28. The number of aromatic carboxylic acids is 1. The summed E-state index contributed by atoms with van der Waals surface area (Å²) >= 11 is 0. The van der Waals surface area contributed by atoms with E-state index in [4.69, 9.17) is 18.9 Å². The van der Waals surface area contributed by atoms with Crippen LogP contribution in [0, 0.1) is 0 Å². The molecule has 8 heteroatoms. The normalized spacial score (nSPS) is 16.0. The van der Waals surface area contributed by atoms with E-state index >= 15 is 0 Å². The van der Waals surface area contributed by atoms with Gasteiger partial charge in [0.25, 0.3) is 0 Å². The third-order valence-electron chi connectivity index (χ3n) is 7.05. The van der Waals surface area contributed by atoms with Crippen molar-refractivity contribution in [1.29, 1.82) is 0 Å². The quantitative estimate of drug-likeness (QED) is 0.260. The molecule has 1 unspecified atom stereocenters. The maximum absolute atomic E-state index is 13.4. The first-order chi connectivity index (χ1) is 20.1. The second-order valence-corrected chi connectivity index (χ2v) is 11.4. The number of carbonyl (C=O) groups is 2. The number of benzene rings is 3. The van der Waals surface area contributed by atoms with Gasteiger partial charge in [-0.2, -0.15) is 0 Å². The number of carboxylic acids is 1. The molecule has 42 heavy (non-hydrogen) atoms. The Labute approximate surface area is 248 Å². The van der Waals surface area contributed by atoms with Crippen LogP contribution in [0.25, 0.3) is 11.1 Å². The largest absolute Gasteiger partial charge is 0.496 e. The molecule has 1 N–H and O–H groups in total. The van der Waals surface area contributed by atoms with E-state index in [0.29, 0.717) is 31.9 Å². The van der Waals surface area contributed by atoms with E-state index in [1.807, 2.05) is 75.4 Å². The van der Waals surface area contributed by atoms with Gasteiger partial charge in [0.15, 0.2) is 6.29 Å². The average Bonchev–Trinajstić information content (AvgIpc) is 2.98. The van der Waals surface area contributed by atoms with Crippen molar-refractivity contribution < 1.29 is 33.6 Å². The predicted octanol–water partition coefficient (Wildman–Crippen LogP) is 7.12. The van der Waals surface area contributed by atoms with Crippen LogP contribution < -0.4 is 4.74 Å². The van der Waals surface area contributed by atoms with E-state index in [0.717, 1.165) is 41.5 Å². The van der Waals surface area contributed by atoms with Gasteiger partial charge in [-0.3, -0.25) is 0 Å². The molecule has 0 aliphatic carbocycles. The molecule has 0 spiro atoms. The minimum absolute atomic E-state index is 0.118. The Morgan fingerprint density at radius 2 is 1.71 bits per heavy atom. The number of hydrogen-bond donors (Lipinski definition) is 1. The summed E-state index contributed by atoms with van der Waals surface area (Å²) in [5.41, 5.74) is 3.30. The topological polar surface area (TPSA) is 94.5 Å². The predicted molar refractivity (Wildman–Crippen MR) is 161 cm³/mol. The highest BCUT2D eigenvalue weighted by molar-refractivity contribution is 5.92. The van der Waals surface area contributed by atoms with Gasteiger partial charge >= 0.3 is 12.1 Å². The minimum atomic E-state index is -1.03. The molecular weight excluding hydrogens is 534 g/mol. The van der Waals surface area contributed by atoms with E-state index < -0.39 is 11.6 Å². The van der Waals surface area contributed by atoms with Crippen LogP contribution in [0.4, 0.5) is 4.79 Å². The van der Waals surface area contributed by atoms with Gasteiger partial charge in [-0.25, -0.2) is 9.59 Å². The fraction of sp³-hybridized carbons (Fsp3) is 0.412. The van der Waals surface area contributed by atoms with Gasteiger partial charge in [0.1, 0.15) is 23.0 Å². The standard InChI is InChI=1S/C34H41NO7/c1-34(2,3)42-33(38)35(23-30(26-10-6-5-7-11-26)41-31-12-8-9-21-40-31)20-19-24-13-15-25(16-14-24)27-17-18-28(32(36)37)29(22-27)39-4/h5-7,10-11,13-18,22,30-31H,8-9,12,19-21,23H2,1-4H3,(H,36,37)/t30-,31?/m0/s1. The Hall–Kier alpha value is -3.88. The van der Waals surface area contributed by atoms with Crippen LogP contribution in [-0.2, 0) is 20.6 Å². The van der Waals surface area contributed by atoms with Crippen LogP contribution in [0.15, 0.2) is 72.8 Å². The molecule has 2 atom stereocenters. The number of amides is 1. The third kappa shape index (κ3) is 8.81. The van der Waals surface area contributed by atoms with E-state index in [1.54, 1.807) is 23.1 Å². The molecule has 1 heterocycles. The lowest BCUT2D eigenvalue weighted by Gasteiger charge is -2.33. The third-order valence-corrected chi connectivity index (χ3v) is 7.05. The zero-order chi connectivity index (χ0) is 30.1. The Morgan fingerprint density at radius 3 is 2.33 bits per heavy atom. The van der Waals surface area contributed by atoms with Crippen molar-refractivity contribution in [3.63, 3.8) is 0 Å². The molecule has 0 bridgehead atoms. The molecule has 0 aromatic heterocycles. The van der Waals surface area contributed by atoms with Crippen LogP contribution in [0.2, 0.25) is 0 Å². The fourth-order valence-corrected chi connectivity index (χ4v) is 4.86. The summed E-state index contributed by atoms with van der Waals surface area (Å²) in [6.07, 6.45) is 2.45. The lowest BCUT2D eigenvalue weighted by Crippen LogP contribution is -2.41. The summed E-state index contributed by atoms with van der Waals surface area (Å²) in [5, 5.41) is 9.37. The molecule has 1 aliphatic heterocycles. The first-order valence-electron chi connectivity index (χ1n) is 14.4. The maximum Gasteiger partial charge on any atom is 0.410 e. The smallest absolute Gasteiger partial charge is 0.410 e. The van der Waals surface area contributed by atoms with Crippen molar-refractivity contribution in [3.05, 3.63) is 89.5 Å². The van der Waals surface area contributed by atoms with E-state index in [9.17, 15) is 14.7 Å². The van der Waals surface area contributed by atoms with Crippen molar-refractivity contribution in [1.82, 2.24) is 4.90 Å². The molecule has 0 saturated carbocycles. The minimum Gasteiger partial charge on any atom is -0.496 e. The molecule has 0 radical (unpaired) electrons. The molecule has 1 fully saturated rings. The van der Waals surface area contributed by atoms with Gasteiger partial charge in [-0.15, -0.1) is 0 Å². The van der Waals surface area contributed by atoms with Gasteiger partial charge in [-0.1, -0.05) is 60.7 Å². The van der Waals surface area contributed by atoms with Crippen molar-refractivity contribution in [2.24, 2.45) is 0 Å². The number of carboxylic acid groups (broad SMARTS) is 1. The summed E-state index contributed by atoms with van der Waals surface area (Å²) in [6.45, 7) is 7.02. The number of ether oxygens (including phenoxy) is 4. The van der Waals surface area contributed by atoms with Crippen molar-refractivity contribution in [2.45, 2.75) is 64.4 Å². The van der Waals surface area contributed by atoms with E-state index in [-0.39, 0.29) is 24.1 Å². The Balaban J connectivity index is 1.50. The Morgan fingerprint density at radius 1 is 1.00 bits per heavy atom. The highest BCUT2D eigenvalue weighted by atomic mass is 16.7. The van der Waals surface area contributed by atoms with Gasteiger partial charge in [0.05, 0.1) is 13.7 Å². The van der Waals surface area contributed by atoms with Crippen LogP contribution in [0.5, 0.6) is 5.75 Å². The molecule has 1 aliphatic rings. The molecule has 1 amide bonds. The summed E-state index contributed by atoms with van der Waals surface area (Å²) < 4.78 is 23.4. The first-order valence-corrected chi connectivity index (χ1v) is 14.4. The molecule has 3 aromatic carbocycles. The van der Waals surface area contributed by atoms with Crippen LogP contribution in [0.3, 0.4) is 0 Å². The summed E-state index contributed by atoms with van der Waals surface area (Å²) in [7, 11) is 1.46. The molecule has 8 nitrogen and oxygen atoms in total. The monoisotopic (exact) mass is 575 g/mol. The fourth-order valence-electron chi connectivity index (χ4n) is 4.86. The summed E-state index contributed by atoms with van der Waals surface area (Å²) in [4.78, 5) is 26.5. The SMILES string of the molecule is COc1cc(-c2ccc(CCN(C[C@H](OC3CCCCO3)c3ccccc3)C(=O)OC(C)(C)C)cc2)ccc1C(=O)O. The molecule has 224 valence electrons. The van der Waals surface area contributed by atoms with Crippen LogP contribution in [-0.4, -0.2) is 60.8 Å². The number of methoxy groups -OCH3 is 1. The van der Waals surface area contributed by atoms with Crippen molar-refractivity contribution >= 4 is 12.1 Å². The van der Waals surface area contributed by atoms with Crippen LogP contribution in [0.1, 0.15) is 67.6 Å². The maximum atomic E-state index is 13.4. The van der Waals surface area contributed by atoms with Gasteiger partial charge < -0.3 is 29.0 Å². The Bertz CT molecular complexity index is 1310. The number of nitrogens with zero attached hydrogens (tertiary/aromatic N) is 1. The molecule has 4 rings (SSSR count). The zero-order valence-electron chi connectivity index (χ0n) is 24.9.